The summed E-state index contributed by atoms with van der Waals surface area (Å²) in [6.07, 6.45) is 0. The zero-order valence-electron chi connectivity index (χ0n) is 12.1. The summed E-state index contributed by atoms with van der Waals surface area (Å²) in [7, 11) is 0. The molecular weight excluding hydrogens is 236 g/mol. The standard InChI is InChI=1S/C16H24N2O/c1-11-4-5-15(19)12(6-11)9-18-10-13-7-17-8-14(13)16(18,2)3/h4-6,13-14,17,19H,7-10H2,1-3H3. The topological polar surface area (TPSA) is 35.5 Å². The summed E-state index contributed by atoms with van der Waals surface area (Å²) in [5.74, 6) is 1.93. The van der Waals surface area contributed by atoms with Crippen LogP contribution in [0.5, 0.6) is 5.75 Å². The number of hydrogen-bond donors (Lipinski definition) is 2. The van der Waals surface area contributed by atoms with Crippen molar-refractivity contribution >= 4 is 0 Å². The van der Waals surface area contributed by atoms with Gasteiger partial charge in [0.25, 0.3) is 0 Å². The van der Waals surface area contributed by atoms with Crippen LogP contribution in [0.4, 0.5) is 0 Å². The maximum atomic E-state index is 10.0. The fourth-order valence-electron chi connectivity index (χ4n) is 3.82. The molecule has 1 aromatic carbocycles. The molecule has 3 rings (SSSR count). The lowest BCUT2D eigenvalue weighted by Gasteiger charge is -2.35. The first kappa shape index (κ1) is 12.9. The molecule has 2 heterocycles. The largest absolute Gasteiger partial charge is 0.508 e. The van der Waals surface area contributed by atoms with Crippen LogP contribution in [0.25, 0.3) is 0 Å². The van der Waals surface area contributed by atoms with Crippen molar-refractivity contribution < 1.29 is 5.11 Å². The van der Waals surface area contributed by atoms with Gasteiger partial charge in [-0.15, -0.1) is 0 Å². The zero-order valence-corrected chi connectivity index (χ0v) is 12.1. The Balaban J connectivity index is 1.82. The fraction of sp³-hybridized carbons (Fsp3) is 0.625. The third-order valence-electron chi connectivity index (χ3n) is 5.11. The molecular formula is C16H24N2O. The van der Waals surface area contributed by atoms with Gasteiger partial charge < -0.3 is 10.4 Å². The van der Waals surface area contributed by atoms with Gasteiger partial charge in [0.2, 0.25) is 0 Å². The van der Waals surface area contributed by atoms with E-state index in [-0.39, 0.29) is 5.54 Å². The SMILES string of the molecule is Cc1ccc(O)c(CN2CC3CNCC3C2(C)C)c1. The van der Waals surface area contributed by atoms with Gasteiger partial charge in [0.1, 0.15) is 5.75 Å². The minimum absolute atomic E-state index is 0.213. The van der Waals surface area contributed by atoms with Crippen LogP contribution in [0.2, 0.25) is 0 Å². The highest BCUT2D eigenvalue weighted by molar-refractivity contribution is 5.35. The number of rotatable bonds is 2. The van der Waals surface area contributed by atoms with Crippen LogP contribution in [0, 0.1) is 18.8 Å². The fourth-order valence-corrected chi connectivity index (χ4v) is 3.82. The van der Waals surface area contributed by atoms with E-state index >= 15 is 0 Å². The van der Waals surface area contributed by atoms with E-state index in [9.17, 15) is 5.11 Å². The van der Waals surface area contributed by atoms with E-state index in [2.05, 4.69) is 37.1 Å². The second-order valence-electron chi connectivity index (χ2n) is 6.69. The van der Waals surface area contributed by atoms with Gasteiger partial charge in [-0.1, -0.05) is 17.7 Å². The Bertz CT molecular complexity index is 484. The predicted octanol–water partition coefficient (Wildman–Crippen LogP) is 2.13. The molecule has 0 saturated carbocycles. The Hall–Kier alpha value is -1.06. The van der Waals surface area contributed by atoms with Crippen molar-refractivity contribution in [1.29, 1.82) is 0 Å². The van der Waals surface area contributed by atoms with Gasteiger partial charge in [-0.2, -0.15) is 0 Å². The van der Waals surface area contributed by atoms with Crippen LogP contribution in [0.15, 0.2) is 18.2 Å². The number of nitrogens with zero attached hydrogens (tertiary/aromatic N) is 1. The monoisotopic (exact) mass is 260 g/mol. The summed E-state index contributed by atoms with van der Waals surface area (Å²) in [6.45, 7) is 11.0. The number of hydrogen-bond acceptors (Lipinski definition) is 3. The number of nitrogens with one attached hydrogen (secondary N) is 1. The van der Waals surface area contributed by atoms with Crippen LogP contribution < -0.4 is 5.32 Å². The number of phenolic OH excluding ortho intramolecular Hbond substituents is 1. The average Bonchev–Trinajstić information content (AvgIpc) is 2.89. The summed E-state index contributed by atoms with van der Waals surface area (Å²) in [6, 6.07) is 5.89. The highest BCUT2D eigenvalue weighted by Gasteiger charge is 2.49. The van der Waals surface area contributed by atoms with Gasteiger partial charge in [-0.3, -0.25) is 4.90 Å². The zero-order chi connectivity index (χ0) is 13.6. The second kappa shape index (κ2) is 4.50. The highest BCUT2D eigenvalue weighted by Crippen LogP contribution is 2.41. The summed E-state index contributed by atoms with van der Waals surface area (Å²) in [5, 5.41) is 13.5. The molecule has 0 radical (unpaired) electrons. The predicted molar refractivity (Wildman–Crippen MR) is 77.2 cm³/mol. The van der Waals surface area contributed by atoms with Crippen LogP contribution >= 0.6 is 0 Å². The molecule has 19 heavy (non-hydrogen) atoms. The van der Waals surface area contributed by atoms with E-state index in [4.69, 9.17) is 0 Å². The Labute approximate surface area is 115 Å². The molecule has 2 aliphatic heterocycles. The molecule has 3 heteroatoms. The normalized spacial score (nSPS) is 29.6. The van der Waals surface area contributed by atoms with Gasteiger partial charge in [0, 0.05) is 30.7 Å². The summed E-state index contributed by atoms with van der Waals surface area (Å²) < 4.78 is 0. The van der Waals surface area contributed by atoms with Crippen molar-refractivity contribution in [3.63, 3.8) is 0 Å². The summed E-state index contributed by atoms with van der Waals surface area (Å²) >= 11 is 0. The first-order valence-electron chi connectivity index (χ1n) is 7.23. The second-order valence-corrected chi connectivity index (χ2v) is 6.69. The van der Waals surface area contributed by atoms with E-state index in [1.165, 1.54) is 5.56 Å². The van der Waals surface area contributed by atoms with Gasteiger partial charge in [0.15, 0.2) is 0 Å². The van der Waals surface area contributed by atoms with Crippen molar-refractivity contribution in [2.24, 2.45) is 11.8 Å². The molecule has 0 spiro atoms. The molecule has 0 amide bonds. The Morgan fingerprint density at radius 2 is 2.16 bits per heavy atom. The molecule has 0 aliphatic carbocycles. The number of phenols is 1. The molecule has 1 aromatic rings. The number of aromatic hydroxyl groups is 1. The van der Waals surface area contributed by atoms with Gasteiger partial charge in [0.05, 0.1) is 0 Å². The number of benzene rings is 1. The maximum Gasteiger partial charge on any atom is 0.120 e. The molecule has 2 fully saturated rings. The Morgan fingerprint density at radius 1 is 1.37 bits per heavy atom. The van der Waals surface area contributed by atoms with Crippen LogP contribution in [0.3, 0.4) is 0 Å². The first-order valence-corrected chi connectivity index (χ1v) is 7.23. The van der Waals surface area contributed by atoms with E-state index in [1.54, 1.807) is 0 Å². The van der Waals surface area contributed by atoms with Gasteiger partial charge in [-0.25, -0.2) is 0 Å². The van der Waals surface area contributed by atoms with Crippen molar-refractivity contribution in [3.8, 4) is 5.75 Å². The van der Waals surface area contributed by atoms with Crippen molar-refractivity contribution in [1.82, 2.24) is 10.2 Å². The molecule has 2 saturated heterocycles. The van der Waals surface area contributed by atoms with E-state index in [0.717, 1.165) is 43.6 Å². The minimum Gasteiger partial charge on any atom is -0.508 e. The third kappa shape index (κ3) is 2.15. The van der Waals surface area contributed by atoms with Crippen LogP contribution in [0.1, 0.15) is 25.0 Å². The quantitative estimate of drug-likeness (QED) is 0.855. The minimum atomic E-state index is 0.213. The molecule has 2 atom stereocenters. The van der Waals surface area contributed by atoms with Crippen molar-refractivity contribution in [2.75, 3.05) is 19.6 Å². The lowest BCUT2D eigenvalue weighted by atomic mass is 9.85. The number of likely N-dealkylation sites (tertiary alicyclic amines) is 1. The van der Waals surface area contributed by atoms with Gasteiger partial charge >= 0.3 is 0 Å². The number of aryl methyl sites for hydroxylation is 1. The molecule has 104 valence electrons. The molecule has 2 unspecified atom stereocenters. The lowest BCUT2D eigenvalue weighted by Crippen LogP contribution is -2.43. The highest BCUT2D eigenvalue weighted by atomic mass is 16.3. The van der Waals surface area contributed by atoms with Crippen LogP contribution in [-0.4, -0.2) is 35.2 Å². The molecule has 0 bridgehead atoms. The lowest BCUT2D eigenvalue weighted by molar-refractivity contribution is 0.131. The van der Waals surface area contributed by atoms with E-state index in [1.807, 2.05) is 12.1 Å². The average molecular weight is 260 g/mol. The summed E-state index contributed by atoms with van der Waals surface area (Å²) in [5.41, 5.74) is 2.48. The molecule has 0 aromatic heterocycles. The molecule has 2 aliphatic rings. The van der Waals surface area contributed by atoms with Crippen LogP contribution in [-0.2, 0) is 6.54 Å². The van der Waals surface area contributed by atoms with E-state index in [0.29, 0.717) is 5.75 Å². The third-order valence-corrected chi connectivity index (χ3v) is 5.11. The van der Waals surface area contributed by atoms with Gasteiger partial charge in [-0.05, 0) is 45.2 Å². The Morgan fingerprint density at radius 3 is 2.89 bits per heavy atom. The van der Waals surface area contributed by atoms with Crippen molar-refractivity contribution in [3.05, 3.63) is 29.3 Å². The summed E-state index contributed by atoms with van der Waals surface area (Å²) in [4.78, 5) is 2.54. The molecule has 2 N–H and O–H groups in total. The van der Waals surface area contributed by atoms with Crippen molar-refractivity contribution in [2.45, 2.75) is 32.9 Å². The maximum absolute atomic E-state index is 10.0. The number of fused-ring (bicyclic) bond motifs is 1. The molecule has 3 nitrogen and oxygen atoms in total. The smallest absolute Gasteiger partial charge is 0.120 e. The van der Waals surface area contributed by atoms with E-state index < -0.39 is 0 Å². The first-order chi connectivity index (χ1) is 8.98. The Kier molecular flexibility index (Phi) is 3.06.